The average molecular weight is 1160 g/mol. The van der Waals surface area contributed by atoms with Crippen LogP contribution in [0.25, 0.3) is 0 Å². The number of aliphatic hydroxyl groups is 1. The van der Waals surface area contributed by atoms with Crippen LogP contribution in [0.15, 0.2) is 60.8 Å². The van der Waals surface area contributed by atoms with Crippen LogP contribution >= 0.6 is 7.82 Å². The second-order valence-corrected chi connectivity index (χ2v) is 26.7. The first-order valence-corrected chi connectivity index (χ1v) is 36.7. The minimum Gasteiger partial charge on any atom is -0.387 e. The maximum absolute atomic E-state index is 13.0. The summed E-state index contributed by atoms with van der Waals surface area (Å²) in [6.07, 6.45) is 86.6. The Kier molecular flexibility index (Phi) is 61.3. The number of carbonyl (C=O) groups excluding carboxylic acids is 1. The molecule has 8 nitrogen and oxygen atoms in total. The largest absolute Gasteiger partial charge is 0.472 e. The zero-order valence-corrected chi connectivity index (χ0v) is 55.4. The highest BCUT2D eigenvalue weighted by atomic mass is 31.2. The summed E-state index contributed by atoms with van der Waals surface area (Å²) in [5.41, 5.74) is 0. The summed E-state index contributed by atoms with van der Waals surface area (Å²) in [5.74, 6) is -0.187. The van der Waals surface area contributed by atoms with Gasteiger partial charge in [-0.25, -0.2) is 4.57 Å². The van der Waals surface area contributed by atoms with Gasteiger partial charge in [-0.05, 0) is 77.0 Å². The summed E-state index contributed by atoms with van der Waals surface area (Å²) in [6, 6.07) is -0.873. The van der Waals surface area contributed by atoms with Crippen molar-refractivity contribution in [3.63, 3.8) is 0 Å². The van der Waals surface area contributed by atoms with Gasteiger partial charge in [0, 0.05) is 6.42 Å². The Bertz CT molecular complexity index is 1500. The molecule has 0 fully saturated rings. The summed E-state index contributed by atoms with van der Waals surface area (Å²) in [7, 11) is 1.55. The van der Waals surface area contributed by atoms with Crippen molar-refractivity contribution in [3.8, 4) is 0 Å². The van der Waals surface area contributed by atoms with Gasteiger partial charge in [-0.15, -0.1) is 0 Å². The lowest BCUT2D eigenvalue weighted by molar-refractivity contribution is -0.870. The van der Waals surface area contributed by atoms with Crippen LogP contribution in [-0.4, -0.2) is 73.4 Å². The van der Waals surface area contributed by atoms with Gasteiger partial charge in [-0.1, -0.05) is 319 Å². The lowest BCUT2D eigenvalue weighted by atomic mass is 10.0. The molecule has 3 unspecified atom stereocenters. The molecule has 0 aromatic rings. The lowest BCUT2D eigenvalue weighted by Crippen LogP contribution is -2.45. The highest BCUT2D eigenvalue weighted by Gasteiger charge is 2.28. The van der Waals surface area contributed by atoms with E-state index in [1.54, 1.807) is 6.08 Å². The molecule has 0 aliphatic heterocycles. The van der Waals surface area contributed by atoms with Gasteiger partial charge >= 0.3 is 7.82 Å². The molecule has 0 rings (SSSR count). The van der Waals surface area contributed by atoms with Crippen molar-refractivity contribution in [2.24, 2.45) is 0 Å². The first-order valence-electron chi connectivity index (χ1n) is 35.2. The van der Waals surface area contributed by atoms with E-state index in [0.29, 0.717) is 17.4 Å². The third kappa shape index (κ3) is 65.6. The molecule has 0 heterocycles. The van der Waals surface area contributed by atoms with Gasteiger partial charge in [0.05, 0.1) is 39.9 Å². The van der Waals surface area contributed by atoms with Crippen molar-refractivity contribution in [3.05, 3.63) is 60.8 Å². The molecule has 3 N–H and O–H groups in total. The Hall–Kier alpha value is -1.80. The molecule has 476 valence electrons. The fraction of sp³-hybridized carbons (Fsp3) is 0.847. The molecule has 0 aromatic carbocycles. The molecule has 0 aliphatic carbocycles. The van der Waals surface area contributed by atoms with Crippen molar-refractivity contribution in [2.75, 3.05) is 40.9 Å². The third-order valence-electron chi connectivity index (χ3n) is 15.9. The van der Waals surface area contributed by atoms with E-state index in [0.717, 1.165) is 51.4 Å². The lowest BCUT2D eigenvalue weighted by Gasteiger charge is -2.25. The fourth-order valence-corrected chi connectivity index (χ4v) is 11.2. The first kappa shape index (κ1) is 79.2. The quantitative estimate of drug-likeness (QED) is 0.0243. The summed E-state index contributed by atoms with van der Waals surface area (Å²) in [5, 5.41) is 14.0. The van der Waals surface area contributed by atoms with Gasteiger partial charge in [0.15, 0.2) is 0 Å². The molecule has 3 atom stereocenters. The van der Waals surface area contributed by atoms with E-state index in [-0.39, 0.29) is 19.1 Å². The van der Waals surface area contributed by atoms with Gasteiger partial charge in [0.25, 0.3) is 0 Å². The Morgan fingerprint density at radius 2 is 0.716 bits per heavy atom. The van der Waals surface area contributed by atoms with E-state index >= 15 is 0 Å². The van der Waals surface area contributed by atoms with Crippen molar-refractivity contribution in [2.45, 2.75) is 353 Å². The molecular weight excluding hydrogens is 1020 g/mol. The number of quaternary nitrogens is 1. The second kappa shape index (κ2) is 62.7. The predicted octanol–water partition coefficient (Wildman–Crippen LogP) is 22.4. The second-order valence-electron chi connectivity index (χ2n) is 25.2. The van der Waals surface area contributed by atoms with Crippen LogP contribution < -0.4 is 5.32 Å². The van der Waals surface area contributed by atoms with Gasteiger partial charge < -0.3 is 19.8 Å². The highest BCUT2D eigenvalue weighted by Crippen LogP contribution is 2.43. The Balaban J connectivity index is 4.12. The molecule has 0 saturated carbocycles. The highest BCUT2D eigenvalue weighted by molar-refractivity contribution is 7.47. The minimum absolute atomic E-state index is 0.0532. The molecule has 81 heavy (non-hydrogen) atoms. The van der Waals surface area contributed by atoms with E-state index in [4.69, 9.17) is 9.05 Å². The first-order chi connectivity index (χ1) is 39.5. The van der Waals surface area contributed by atoms with Crippen LogP contribution in [0.1, 0.15) is 341 Å². The number of phosphoric acid groups is 1. The smallest absolute Gasteiger partial charge is 0.387 e. The Labute approximate surface area is 504 Å². The molecule has 0 aliphatic rings. The summed E-state index contributed by atoms with van der Waals surface area (Å²) in [4.78, 5) is 23.4. The van der Waals surface area contributed by atoms with Crippen molar-refractivity contribution >= 4 is 13.7 Å². The van der Waals surface area contributed by atoms with Crippen molar-refractivity contribution in [1.29, 1.82) is 0 Å². The van der Waals surface area contributed by atoms with Gasteiger partial charge in [0.2, 0.25) is 5.91 Å². The van der Waals surface area contributed by atoms with Crippen LogP contribution in [0.5, 0.6) is 0 Å². The van der Waals surface area contributed by atoms with E-state index in [1.165, 1.54) is 270 Å². The number of nitrogens with zero attached hydrogens (tertiary/aromatic N) is 1. The Morgan fingerprint density at radius 3 is 1.06 bits per heavy atom. The molecule has 0 radical (unpaired) electrons. The standard InChI is InChI=1S/C72H137N2O6P/c1-6-8-10-12-14-16-18-20-22-24-26-28-30-32-34-36-38-39-41-43-45-47-49-51-53-55-57-59-61-63-65-71(75)70(69-80-81(77,78)79-68-67-74(3,4)5)73-72(76)66-64-62-60-58-56-54-52-50-48-46-44-42-40-37-35-33-31-29-27-25-23-21-19-17-15-13-11-9-7-2/h19,21,25,27,47,49,55,57,63,65,70-71,75H,6-18,20,22-24,26,28-46,48,50-54,56,58-62,64,66-69H2,1-5H3,(H-,73,76,77,78)/p+1/b21-19-,27-25-,49-47+,57-55+,65-63+. The summed E-state index contributed by atoms with van der Waals surface area (Å²) < 4.78 is 23.8. The number of phosphoric ester groups is 1. The number of amides is 1. The zero-order chi connectivity index (χ0) is 59.1. The number of allylic oxidation sites excluding steroid dienone is 9. The summed E-state index contributed by atoms with van der Waals surface area (Å²) >= 11 is 0. The number of carbonyl (C=O) groups is 1. The number of unbranched alkanes of at least 4 members (excludes halogenated alkanes) is 44. The number of hydrogen-bond acceptors (Lipinski definition) is 5. The SMILES string of the molecule is CCCCCCC/C=C\C/C=C\CCCCCCCCCCCCCCCCCCCC(=O)NC(COP(=O)(O)OCC[N+](C)(C)C)C(O)/C=C/CC/C=C/CC/C=C/CCCCCCCCCCCCCCCCCCCCCC. The normalized spacial score (nSPS) is 14.0. The molecule has 9 heteroatoms. The topological polar surface area (TPSA) is 105 Å². The molecule has 0 aromatic heterocycles. The van der Waals surface area contributed by atoms with Gasteiger partial charge in [-0.2, -0.15) is 0 Å². The number of rotatable bonds is 65. The Morgan fingerprint density at radius 1 is 0.420 bits per heavy atom. The third-order valence-corrected chi connectivity index (χ3v) is 16.9. The van der Waals surface area contributed by atoms with Gasteiger partial charge in [-0.3, -0.25) is 13.8 Å². The van der Waals surface area contributed by atoms with Crippen molar-refractivity contribution in [1.82, 2.24) is 5.32 Å². The van der Waals surface area contributed by atoms with Crippen LogP contribution in [0.2, 0.25) is 0 Å². The predicted molar refractivity (Wildman–Crippen MR) is 355 cm³/mol. The summed E-state index contributed by atoms with van der Waals surface area (Å²) in [6.45, 7) is 4.82. The number of aliphatic hydroxyl groups excluding tert-OH is 1. The van der Waals surface area contributed by atoms with E-state index in [2.05, 4.69) is 67.8 Å². The van der Waals surface area contributed by atoms with Crippen molar-refractivity contribution < 1.29 is 32.9 Å². The van der Waals surface area contributed by atoms with Crippen LogP contribution in [0.4, 0.5) is 0 Å². The average Bonchev–Trinajstić information content (AvgIpc) is 3.43. The molecule has 0 saturated heterocycles. The van der Waals surface area contributed by atoms with Gasteiger partial charge in [0.1, 0.15) is 13.2 Å². The molecule has 0 bridgehead atoms. The van der Waals surface area contributed by atoms with Crippen LogP contribution in [0, 0.1) is 0 Å². The molecule has 1 amide bonds. The minimum atomic E-state index is -4.37. The maximum atomic E-state index is 13.0. The number of nitrogens with one attached hydrogen (secondary N) is 1. The maximum Gasteiger partial charge on any atom is 0.472 e. The number of hydrogen-bond donors (Lipinski definition) is 3. The van der Waals surface area contributed by atoms with Crippen LogP contribution in [-0.2, 0) is 18.4 Å². The van der Waals surface area contributed by atoms with E-state index in [1.807, 2.05) is 27.2 Å². The zero-order valence-electron chi connectivity index (χ0n) is 54.5. The fourth-order valence-electron chi connectivity index (χ4n) is 10.5. The van der Waals surface area contributed by atoms with Crippen LogP contribution in [0.3, 0.4) is 0 Å². The number of likely N-dealkylation sites (N-methyl/N-ethyl adjacent to an activating group) is 1. The molecule has 0 spiro atoms. The van der Waals surface area contributed by atoms with E-state index < -0.39 is 20.0 Å². The molecular formula is C72H138N2O6P+. The monoisotopic (exact) mass is 1160 g/mol. The van der Waals surface area contributed by atoms with E-state index in [9.17, 15) is 19.4 Å².